The zero-order valence-corrected chi connectivity index (χ0v) is 13.4. The van der Waals surface area contributed by atoms with E-state index in [0.717, 1.165) is 49.7 Å². The van der Waals surface area contributed by atoms with E-state index in [4.69, 9.17) is 4.74 Å². The second kappa shape index (κ2) is 7.03. The van der Waals surface area contributed by atoms with Crippen LogP contribution in [0.3, 0.4) is 0 Å². The van der Waals surface area contributed by atoms with E-state index < -0.39 is 0 Å². The summed E-state index contributed by atoms with van der Waals surface area (Å²) >= 11 is 0. The molecule has 5 heteroatoms. The fourth-order valence-corrected chi connectivity index (χ4v) is 3.11. The van der Waals surface area contributed by atoms with E-state index in [-0.39, 0.29) is 0 Å². The molecule has 1 N–H and O–H groups in total. The molecule has 0 aliphatic carbocycles. The predicted octanol–water partition coefficient (Wildman–Crippen LogP) is 2.32. The van der Waals surface area contributed by atoms with Gasteiger partial charge in [-0.15, -0.1) is 5.10 Å². The van der Waals surface area contributed by atoms with Gasteiger partial charge in [0, 0.05) is 37.5 Å². The van der Waals surface area contributed by atoms with Crippen LogP contribution >= 0.6 is 0 Å². The lowest BCUT2D eigenvalue weighted by Crippen LogP contribution is -2.26. The summed E-state index contributed by atoms with van der Waals surface area (Å²) in [5, 5.41) is 14.4. The molecule has 118 valence electrons. The van der Waals surface area contributed by atoms with Gasteiger partial charge in [-0.3, -0.25) is 0 Å². The average Bonchev–Trinajstić information content (AvgIpc) is 3.00. The smallest absolute Gasteiger partial charge is 0.156 e. The van der Waals surface area contributed by atoms with Crippen LogP contribution in [0.4, 0.5) is 5.82 Å². The molecule has 0 amide bonds. The number of anilines is 1. The van der Waals surface area contributed by atoms with Gasteiger partial charge in [0.05, 0.1) is 12.3 Å². The Labute approximate surface area is 131 Å². The van der Waals surface area contributed by atoms with E-state index in [1.807, 2.05) is 13.0 Å². The maximum Gasteiger partial charge on any atom is 0.156 e. The first-order valence-corrected chi connectivity index (χ1v) is 7.95. The third-order valence-corrected chi connectivity index (χ3v) is 4.41. The van der Waals surface area contributed by atoms with Crippen molar-refractivity contribution in [1.82, 2.24) is 15.1 Å². The van der Waals surface area contributed by atoms with Crippen LogP contribution in [0, 0.1) is 12.8 Å². The minimum atomic E-state index is 0.665. The molecular formula is C17H24N4O. The monoisotopic (exact) mass is 300 g/mol. The highest BCUT2D eigenvalue weighted by atomic mass is 16.5. The average molecular weight is 300 g/mol. The molecule has 2 aromatic rings. The number of ether oxygens (including phenoxy) is 1. The molecule has 1 aliphatic heterocycles. The van der Waals surface area contributed by atoms with Gasteiger partial charge < -0.3 is 15.0 Å². The number of aromatic nitrogens is 2. The third-order valence-electron chi connectivity index (χ3n) is 4.41. The molecule has 1 aliphatic rings. The number of benzene rings is 1. The molecule has 1 unspecified atom stereocenters. The first kappa shape index (κ1) is 15.2. The fraction of sp³-hybridized carbons (Fsp3) is 0.529. The highest BCUT2D eigenvalue weighted by Gasteiger charge is 2.22. The van der Waals surface area contributed by atoms with E-state index in [9.17, 15) is 0 Å². The molecule has 1 atom stereocenters. The van der Waals surface area contributed by atoms with Gasteiger partial charge in [0.2, 0.25) is 0 Å². The van der Waals surface area contributed by atoms with Crippen molar-refractivity contribution in [1.29, 1.82) is 0 Å². The van der Waals surface area contributed by atoms with Crippen molar-refractivity contribution in [2.75, 3.05) is 45.2 Å². The summed E-state index contributed by atoms with van der Waals surface area (Å²) in [6, 6.07) is 8.31. The summed E-state index contributed by atoms with van der Waals surface area (Å²) in [6.07, 6.45) is 1.23. The molecule has 2 heterocycles. The van der Waals surface area contributed by atoms with E-state index in [0.29, 0.717) is 5.92 Å². The summed E-state index contributed by atoms with van der Waals surface area (Å²) < 4.78 is 5.15. The highest BCUT2D eigenvalue weighted by Crippen LogP contribution is 2.23. The van der Waals surface area contributed by atoms with Crippen molar-refractivity contribution in [3.8, 4) is 0 Å². The number of likely N-dealkylation sites (tertiary alicyclic amines) is 1. The number of nitrogens with zero attached hydrogens (tertiary/aromatic N) is 3. The lowest BCUT2D eigenvalue weighted by Gasteiger charge is -2.16. The minimum Gasteiger partial charge on any atom is -0.383 e. The topological polar surface area (TPSA) is 50.3 Å². The number of hydrogen-bond acceptors (Lipinski definition) is 5. The predicted molar refractivity (Wildman–Crippen MR) is 89.2 cm³/mol. The van der Waals surface area contributed by atoms with Gasteiger partial charge in [0.25, 0.3) is 0 Å². The van der Waals surface area contributed by atoms with Gasteiger partial charge in [0.15, 0.2) is 5.82 Å². The molecule has 1 fully saturated rings. The van der Waals surface area contributed by atoms with Gasteiger partial charge in [0.1, 0.15) is 0 Å². The minimum absolute atomic E-state index is 0.665. The quantitative estimate of drug-likeness (QED) is 0.887. The van der Waals surface area contributed by atoms with E-state index in [1.54, 1.807) is 7.11 Å². The standard InChI is InChI=1S/C17H24N4O/c1-13-15-5-3-4-6-16(15)17(20-19-13)18-11-14-7-8-21(12-14)9-10-22-2/h3-6,14H,7-12H2,1-2H3,(H,18,20). The molecule has 1 aromatic heterocycles. The number of nitrogens with one attached hydrogen (secondary N) is 1. The van der Waals surface area contributed by atoms with Crippen molar-refractivity contribution in [2.45, 2.75) is 13.3 Å². The van der Waals surface area contributed by atoms with Crippen LogP contribution in [-0.2, 0) is 4.74 Å². The summed E-state index contributed by atoms with van der Waals surface area (Å²) in [7, 11) is 1.76. The SMILES string of the molecule is COCCN1CCC(CNc2nnc(C)c3ccccc23)C1. The Morgan fingerprint density at radius 1 is 1.27 bits per heavy atom. The van der Waals surface area contributed by atoms with Gasteiger partial charge in [-0.1, -0.05) is 24.3 Å². The van der Waals surface area contributed by atoms with Crippen molar-refractivity contribution in [2.24, 2.45) is 5.92 Å². The van der Waals surface area contributed by atoms with Gasteiger partial charge in [-0.05, 0) is 25.8 Å². The summed E-state index contributed by atoms with van der Waals surface area (Å²) in [6.45, 7) is 7.09. The highest BCUT2D eigenvalue weighted by molar-refractivity contribution is 5.92. The molecule has 22 heavy (non-hydrogen) atoms. The number of hydrogen-bond donors (Lipinski definition) is 1. The molecular weight excluding hydrogens is 276 g/mol. The van der Waals surface area contributed by atoms with Crippen LogP contribution in [0.25, 0.3) is 10.8 Å². The Kier molecular flexibility index (Phi) is 4.85. The zero-order chi connectivity index (χ0) is 15.4. The number of fused-ring (bicyclic) bond motifs is 1. The van der Waals surface area contributed by atoms with Crippen LogP contribution in [0.2, 0.25) is 0 Å². The Hall–Kier alpha value is -1.72. The van der Waals surface area contributed by atoms with Gasteiger partial charge >= 0.3 is 0 Å². The van der Waals surface area contributed by atoms with E-state index in [2.05, 4.69) is 38.6 Å². The summed E-state index contributed by atoms with van der Waals surface area (Å²) in [5.41, 5.74) is 0.979. The molecule has 0 bridgehead atoms. The Bertz CT molecular complexity index is 631. The van der Waals surface area contributed by atoms with E-state index in [1.165, 1.54) is 11.8 Å². The van der Waals surface area contributed by atoms with Crippen LogP contribution in [0.5, 0.6) is 0 Å². The Morgan fingerprint density at radius 3 is 2.91 bits per heavy atom. The molecule has 0 saturated carbocycles. The van der Waals surface area contributed by atoms with Crippen molar-refractivity contribution in [3.05, 3.63) is 30.0 Å². The Balaban J connectivity index is 1.62. The Morgan fingerprint density at radius 2 is 2.09 bits per heavy atom. The zero-order valence-electron chi connectivity index (χ0n) is 13.4. The molecule has 0 spiro atoms. The largest absolute Gasteiger partial charge is 0.383 e. The van der Waals surface area contributed by atoms with Gasteiger partial charge in [-0.2, -0.15) is 5.10 Å². The maximum absolute atomic E-state index is 5.15. The fourth-order valence-electron chi connectivity index (χ4n) is 3.11. The summed E-state index contributed by atoms with van der Waals surface area (Å²) in [4.78, 5) is 2.47. The lowest BCUT2D eigenvalue weighted by molar-refractivity contribution is 0.159. The molecule has 5 nitrogen and oxygen atoms in total. The lowest BCUT2D eigenvalue weighted by atomic mass is 10.1. The number of aryl methyl sites for hydroxylation is 1. The van der Waals surface area contributed by atoms with Crippen LogP contribution in [0.15, 0.2) is 24.3 Å². The van der Waals surface area contributed by atoms with Crippen LogP contribution in [-0.4, -0.2) is 55.0 Å². The number of methoxy groups -OCH3 is 1. The molecule has 0 radical (unpaired) electrons. The maximum atomic E-state index is 5.15. The van der Waals surface area contributed by atoms with Gasteiger partial charge in [-0.25, -0.2) is 0 Å². The first-order valence-electron chi connectivity index (χ1n) is 7.95. The van der Waals surface area contributed by atoms with E-state index >= 15 is 0 Å². The molecule has 3 rings (SSSR count). The number of rotatable bonds is 6. The molecule has 1 aromatic carbocycles. The van der Waals surface area contributed by atoms with Crippen LogP contribution < -0.4 is 5.32 Å². The van der Waals surface area contributed by atoms with Crippen LogP contribution in [0.1, 0.15) is 12.1 Å². The third kappa shape index (κ3) is 3.36. The van der Waals surface area contributed by atoms with Crippen molar-refractivity contribution in [3.63, 3.8) is 0 Å². The summed E-state index contributed by atoms with van der Waals surface area (Å²) in [5.74, 6) is 1.57. The normalized spacial score (nSPS) is 18.9. The first-order chi connectivity index (χ1) is 10.8. The van der Waals surface area contributed by atoms with Crippen molar-refractivity contribution >= 4 is 16.6 Å². The molecule has 1 saturated heterocycles. The van der Waals surface area contributed by atoms with Crippen molar-refractivity contribution < 1.29 is 4.74 Å². The second-order valence-corrected chi connectivity index (χ2v) is 6.01. The second-order valence-electron chi connectivity index (χ2n) is 6.01.